The van der Waals surface area contributed by atoms with E-state index in [1.807, 2.05) is 0 Å². The van der Waals surface area contributed by atoms with Crippen LogP contribution in [0.5, 0.6) is 0 Å². The van der Waals surface area contributed by atoms with Gasteiger partial charge in [-0.2, -0.15) is 0 Å². The Hall–Kier alpha value is -1.43. The second-order valence-corrected chi connectivity index (χ2v) is 3.72. The molecule has 0 atom stereocenters. The van der Waals surface area contributed by atoms with Crippen molar-refractivity contribution in [3.05, 3.63) is 28.9 Å². The minimum absolute atomic E-state index is 0.237. The SMILES string of the molecule is CCOC(=O)c1ncc2ncc(Br)cn12. The van der Waals surface area contributed by atoms with Crippen LogP contribution < -0.4 is 0 Å². The van der Waals surface area contributed by atoms with Crippen molar-refractivity contribution in [1.29, 1.82) is 0 Å². The molecular weight excluding hydrogens is 262 g/mol. The Morgan fingerprint density at radius 1 is 1.53 bits per heavy atom. The molecule has 15 heavy (non-hydrogen) atoms. The highest BCUT2D eigenvalue weighted by molar-refractivity contribution is 9.10. The molecule has 0 spiro atoms. The number of imidazole rings is 1. The number of aromatic nitrogens is 3. The summed E-state index contributed by atoms with van der Waals surface area (Å²) in [5.74, 6) is -0.210. The number of carbonyl (C=O) groups excluding carboxylic acids is 1. The van der Waals surface area contributed by atoms with Crippen LogP contribution in [0.1, 0.15) is 17.5 Å². The lowest BCUT2D eigenvalue weighted by Crippen LogP contribution is -2.09. The number of hydrogen-bond acceptors (Lipinski definition) is 4. The van der Waals surface area contributed by atoms with Crippen LogP contribution >= 0.6 is 15.9 Å². The summed E-state index contributed by atoms with van der Waals surface area (Å²) in [7, 11) is 0. The van der Waals surface area contributed by atoms with Crippen LogP contribution in [-0.4, -0.2) is 26.9 Å². The fourth-order valence-electron chi connectivity index (χ4n) is 1.21. The molecule has 0 N–H and O–H groups in total. The number of esters is 1. The number of fused-ring (bicyclic) bond motifs is 1. The van der Waals surface area contributed by atoms with E-state index in [-0.39, 0.29) is 5.82 Å². The second-order valence-electron chi connectivity index (χ2n) is 2.80. The minimum Gasteiger partial charge on any atom is -0.460 e. The first-order valence-electron chi connectivity index (χ1n) is 4.38. The molecule has 0 amide bonds. The summed E-state index contributed by atoms with van der Waals surface area (Å²) in [5, 5.41) is 0. The Bertz CT molecular complexity index is 509. The molecule has 0 aliphatic carbocycles. The van der Waals surface area contributed by atoms with E-state index in [4.69, 9.17) is 4.74 Å². The summed E-state index contributed by atoms with van der Waals surface area (Å²) in [6.07, 6.45) is 4.90. The first-order valence-corrected chi connectivity index (χ1v) is 5.17. The summed E-state index contributed by atoms with van der Waals surface area (Å²) in [4.78, 5) is 19.5. The Kier molecular flexibility index (Phi) is 2.68. The number of ether oxygens (including phenoxy) is 1. The van der Waals surface area contributed by atoms with E-state index in [1.165, 1.54) is 6.20 Å². The van der Waals surface area contributed by atoms with Gasteiger partial charge in [-0.1, -0.05) is 0 Å². The van der Waals surface area contributed by atoms with Crippen LogP contribution in [-0.2, 0) is 4.74 Å². The largest absolute Gasteiger partial charge is 0.460 e. The van der Waals surface area contributed by atoms with Crippen molar-refractivity contribution in [2.45, 2.75) is 6.92 Å². The van der Waals surface area contributed by atoms with Gasteiger partial charge in [0.25, 0.3) is 0 Å². The van der Waals surface area contributed by atoms with Crippen molar-refractivity contribution in [3.8, 4) is 0 Å². The average Bonchev–Trinajstić information content (AvgIpc) is 2.60. The molecule has 2 aromatic heterocycles. The molecule has 2 aromatic rings. The molecule has 0 fully saturated rings. The van der Waals surface area contributed by atoms with Crippen molar-refractivity contribution in [1.82, 2.24) is 14.4 Å². The van der Waals surface area contributed by atoms with Gasteiger partial charge in [0, 0.05) is 12.4 Å². The molecule has 2 heterocycles. The maximum absolute atomic E-state index is 11.5. The normalized spacial score (nSPS) is 10.5. The van der Waals surface area contributed by atoms with Gasteiger partial charge >= 0.3 is 5.97 Å². The summed E-state index contributed by atoms with van der Waals surface area (Å²) in [6.45, 7) is 2.08. The number of nitrogens with zero attached hydrogens (tertiary/aromatic N) is 3. The van der Waals surface area contributed by atoms with E-state index in [2.05, 4.69) is 25.9 Å². The van der Waals surface area contributed by atoms with E-state index in [0.29, 0.717) is 12.3 Å². The third-order valence-corrected chi connectivity index (χ3v) is 2.22. The maximum Gasteiger partial charge on any atom is 0.374 e. The molecule has 2 rings (SSSR count). The fraction of sp³-hybridized carbons (Fsp3) is 0.222. The first-order chi connectivity index (χ1) is 7.22. The number of carbonyl (C=O) groups is 1. The third kappa shape index (κ3) is 1.85. The quantitative estimate of drug-likeness (QED) is 0.779. The highest BCUT2D eigenvalue weighted by Gasteiger charge is 2.14. The van der Waals surface area contributed by atoms with E-state index < -0.39 is 5.97 Å². The number of rotatable bonds is 2. The molecule has 0 aromatic carbocycles. The maximum atomic E-state index is 11.5. The zero-order chi connectivity index (χ0) is 10.8. The highest BCUT2D eigenvalue weighted by atomic mass is 79.9. The zero-order valence-electron chi connectivity index (χ0n) is 7.98. The van der Waals surface area contributed by atoms with Crippen molar-refractivity contribution < 1.29 is 9.53 Å². The third-order valence-electron chi connectivity index (χ3n) is 1.81. The van der Waals surface area contributed by atoms with Crippen LogP contribution in [0.2, 0.25) is 0 Å². The highest BCUT2D eigenvalue weighted by Crippen LogP contribution is 2.11. The van der Waals surface area contributed by atoms with Crippen LogP contribution in [0.15, 0.2) is 23.1 Å². The molecule has 0 aliphatic heterocycles. The summed E-state index contributed by atoms with van der Waals surface area (Å²) < 4.78 is 7.23. The van der Waals surface area contributed by atoms with Gasteiger partial charge < -0.3 is 4.74 Å². The molecular formula is C9H8BrN3O2. The topological polar surface area (TPSA) is 56.5 Å². The summed E-state index contributed by atoms with van der Waals surface area (Å²) >= 11 is 3.28. The number of hydrogen-bond donors (Lipinski definition) is 0. The molecule has 0 radical (unpaired) electrons. The molecule has 78 valence electrons. The van der Waals surface area contributed by atoms with Gasteiger partial charge in [0.05, 0.1) is 17.3 Å². The lowest BCUT2D eigenvalue weighted by molar-refractivity contribution is 0.0511. The van der Waals surface area contributed by atoms with E-state index in [0.717, 1.165) is 4.47 Å². The van der Waals surface area contributed by atoms with Crippen molar-refractivity contribution in [3.63, 3.8) is 0 Å². The van der Waals surface area contributed by atoms with Gasteiger partial charge in [-0.3, -0.25) is 4.40 Å². The Balaban J connectivity index is 2.52. The molecule has 6 heteroatoms. The fourth-order valence-corrected chi connectivity index (χ4v) is 1.51. The predicted octanol–water partition coefficient (Wildman–Crippen LogP) is 1.67. The molecule has 0 unspecified atom stereocenters. The van der Waals surface area contributed by atoms with Crippen LogP contribution in [0.25, 0.3) is 5.65 Å². The summed E-state index contributed by atoms with van der Waals surface area (Å²) in [5.41, 5.74) is 0.612. The second kappa shape index (κ2) is 3.98. The lowest BCUT2D eigenvalue weighted by atomic mass is 10.6. The van der Waals surface area contributed by atoms with Gasteiger partial charge in [0.1, 0.15) is 0 Å². The number of halogens is 1. The monoisotopic (exact) mass is 269 g/mol. The van der Waals surface area contributed by atoms with Crippen molar-refractivity contribution in [2.75, 3.05) is 6.61 Å². The van der Waals surface area contributed by atoms with Crippen LogP contribution in [0.4, 0.5) is 0 Å². The van der Waals surface area contributed by atoms with Crippen molar-refractivity contribution in [2.24, 2.45) is 0 Å². The molecule has 5 nitrogen and oxygen atoms in total. The van der Waals surface area contributed by atoms with E-state index >= 15 is 0 Å². The van der Waals surface area contributed by atoms with Gasteiger partial charge in [-0.25, -0.2) is 14.8 Å². The first kappa shape index (κ1) is 10.1. The Morgan fingerprint density at radius 3 is 3.07 bits per heavy atom. The average molecular weight is 270 g/mol. The zero-order valence-corrected chi connectivity index (χ0v) is 9.56. The molecule has 0 aliphatic rings. The summed E-state index contributed by atoms with van der Waals surface area (Å²) in [6, 6.07) is 0. The lowest BCUT2D eigenvalue weighted by Gasteiger charge is -2.00. The van der Waals surface area contributed by atoms with Gasteiger partial charge in [-0.15, -0.1) is 0 Å². The van der Waals surface area contributed by atoms with Gasteiger partial charge in [0.2, 0.25) is 5.82 Å². The minimum atomic E-state index is -0.447. The van der Waals surface area contributed by atoms with Gasteiger partial charge in [0.15, 0.2) is 5.65 Å². The predicted molar refractivity (Wildman–Crippen MR) is 56.6 cm³/mol. The van der Waals surface area contributed by atoms with Crippen LogP contribution in [0.3, 0.4) is 0 Å². The standard InChI is InChI=1S/C9H8BrN3O2/c1-2-15-9(14)8-12-4-7-11-3-6(10)5-13(7)8/h3-5H,2H2,1H3. The Labute approximate surface area is 94.2 Å². The van der Waals surface area contributed by atoms with E-state index in [1.54, 1.807) is 23.7 Å². The van der Waals surface area contributed by atoms with Gasteiger partial charge in [-0.05, 0) is 22.9 Å². The van der Waals surface area contributed by atoms with Crippen molar-refractivity contribution >= 4 is 27.5 Å². The van der Waals surface area contributed by atoms with Crippen LogP contribution in [0, 0.1) is 0 Å². The van der Waals surface area contributed by atoms with E-state index in [9.17, 15) is 4.79 Å². The molecule has 0 bridgehead atoms. The molecule has 0 saturated heterocycles. The molecule has 0 saturated carbocycles. The Morgan fingerprint density at radius 2 is 2.33 bits per heavy atom. The smallest absolute Gasteiger partial charge is 0.374 e.